The molecule has 174 valence electrons. The largest absolute Gasteiger partial charge is 0.378 e. The Labute approximate surface area is 196 Å². The molecule has 6 nitrogen and oxygen atoms in total. The summed E-state index contributed by atoms with van der Waals surface area (Å²) in [6.07, 6.45) is 3.42. The minimum atomic E-state index is 0.0595. The number of morpholine rings is 1. The van der Waals surface area contributed by atoms with E-state index in [9.17, 15) is 9.59 Å². The molecule has 3 heterocycles. The number of fused-ring (bicyclic) bond motifs is 1. The number of ether oxygens (including phenoxy) is 1. The number of rotatable bonds is 5. The van der Waals surface area contributed by atoms with Gasteiger partial charge >= 0.3 is 0 Å². The molecule has 2 aromatic carbocycles. The molecule has 2 fully saturated rings. The second-order valence-corrected chi connectivity index (χ2v) is 9.42. The molecule has 0 aliphatic carbocycles. The molecule has 2 amide bonds. The lowest BCUT2D eigenvalue weighted by Crippen LogP contribution is -2.43. The normalized spacial score (nSPS) is 21.4. The Bertz CT molecular complexity index is 1010. The summed E-state index contributed by atoms with van der Waals surface area (Å²) >= 11 is 0. The van der Waals surface area contributed by atoms with E-state index < -0.39 is 0 Å². The van der Waals surface area contributed by atoms with Gasteiger partial charge in [0.05, 0.1) is 13.2 Å². The van der Waals surface area contributed by atoms with Crippen LogP contribution in [0.15, 0.2) is 42.5 Å². The predicted molar refractivity (Wildman–Crippen MR) is 128 cm³/mol. The van der Waals surface area contributed by atoms with Gasteiger partial charge in [-0.2, -0.15) is 0 Å². The smallest absolute Gasteiger partial charge is 0.254 e. The molecule has 0 spiro atoms. The quantitative estimate of drug-likeness (QED) is 0.706. The highest BCUT2D eigenvalue weighted by molar-refractivity contribution is 5.97. The van der Waals surface area contributed by atoms with Gasteiger partial charge in [-0.3, -0.25) is 14.5 Å². The van der Waals surface area contributed by atoms with Crippen molar-refractivity contribution in [3.8, 4) is 11.1 Å². The molecule has 1 atom stereocenters. The van der Waals surface area contributed by atoms with Gasteiger partial charge in [0.2, 0.25) is 0 Å². The van der Waals surface area contributed by atoms with Crippen LogP contribution in [-0.2, 0) is 11.2 Å². The van der Waals surface area contributed by atoms with Crippen LogP contribution in [0.5, 0.6) is 0 Å². The SMILES string of the molecule is CC1CCCN1CCN1CCc2cc(-c3ccc(C(=O)N4CCOCC4)cc3)ccc2C1=O. The van der Waals surface area contributed by atoms with Crippen LogP contribution < -0.4 is 0 Å². The molecule has 2 aromatic rings. The Hall–Kier alpha value is -2.70. The van der Waals surface area contributed by atoms with Crippen LogP contribution in [0.4, 0.5) is 0 Å². The van der Waals surface area contributed by atoms with Gasteiger partial charge in [0.1, 0.15) is 0 Å². The van der Waals surface area contributed by atoms with Crippen molar-refractivity contribution in [3.05, 3.63) is 59.2 Å². The van der Waals surface area contributed by atoms with Crippen LogP contribution in [-0.4, -0.2) is 85.0 Å². The number of carbonyl (C=O) groups is 2. The molecule has 0 aromatic heterocycles. The van der Waals surface area contributed by atoms with Crippen LogP contribution in [0.25, 0.3) is 11.1 Å². The van der Waals surface area contributed by atoms with Crippen molar-refractivity contribution in [2.45, 2.75) is 32.2 Å². The van der Waals surface area contributed by atoms with Gasteiger partial charge in [0.15, 0.2) is 0 Å². The first-order valence-electron chi connectivity index (χ1n) is 12.2. The maximum atomic E-state index is 13.1. The van der Waals surface area contributed by atoms with Crippen molar-refractivity contribution in [1.82, 2.24) is 14.7 Å². The van der Waals surface area contributed by atoms with Gasteiger partial charge in [0, 0.05) is 49.9 Å². The zero-order valence-electron chi connectivity index (χ0n) is 19.5. The average Bonchev–Trinajstić information content (AvgIpc) is 3.28. The number of hydrogen-bond donors (Lipinski definition) is 0. The lowest BCUT2D eigenvalue weighted by molar-refractivity contribution is 0.0303. The summed E-state index contributed by atoms with van der Waals surface area (Å²) in [6.45, 7) is 8.50. The second kappa shape index (κ2) is 9.65. The molecule has 5 rings (SSSR count). The Balaban J connectivity index is 1.25. The molecule has 0 bridgehead atoms. The Kier molecular flexibility index (Phi) is 6.47. The fraction of sp³-hybridized carbons (Fsp3) is 0.481. The van der Waals surface area contributed by atoms with Gasteiger partial charge < -0.3 is 14.5 Å². The van der Waals surface area contributed by atoms with Crippen molar-refractivity contribution in [2.24, 2.45) is 0 Å². The number of carbonyl (C=O) groups excluding carboxylic acids is 2. The van der Waals surface area contributed by atoms with Crippen LogP contribution in [0.2, 0.25) is 0 Å². The minimum Gasteiger partial charge on any atom is -0.378 e. The van der Waals surface area contributed by atoms with Gasteiger partial charge in [-0.05, 0) is 67.6 Å². The third kappa shape index (κ3) is 4.68. The summed E-state index contributed by atoms with van der Waals surface area (Å²) < 4.78 is 5.34. The van der Waals surface area contributed by atoms with Crippen molar-refractivity contribution >= 4 is 11.8 Å². The first kappa shape index (κ1) is 22.1. The zero-order valence-corrected chi connectivity index (χ0v) is 19.5. The van der Waals surface area contributed by atoms with Crippen LogP contribution in [0.1, 0.15) is 46.0 Å². The van der Waals surface area contributed by atoms with Crippen LogP contribution in [0.3, 0.4) is 0 Å². The van der Waals surface area contributed by atoms with Crippen LogP contribution >= 0.6 is 0 Å². The molecule has 6 heteroatoms. The highest BCUT2D eigenvalue weighted by atomic mass is 16.5. The van der Waals surface area contributed by atoms with Gasteiger partial charge in [-0.25, -0.2) is 0 Å². The molecular formula is C27H33N3O3. The Morgan fingerprint density at radius 3 is 2.45 bits per heavy atom. The van der Waals surface area contributed by atoms with Gasteiger partial charge in [-0.15, -0.1) is 0 Å². The average molecular weight is 448 g/mol. The summed E-state index contributed by atoms with van der Waals surface area (Å²) in [5.41, 5.74) is 4.81. The first-order chi connectivity index (χ1) is 16.1. The maximum absolute atomic E-state index is 13.1. The van der Waals surface area contributed by atoms with Gasteiger partial charge in [0.25, 0.3) is 11.8 Å². The molecule has 0 N–H and O–H groups in total. The van der Waals surface area contributed by atoms with Crippen LogP contribution in [0, 0.1) is 0 Å². The molecular weight excluding hydrogens is 414 g/mol. The standard InChI is InChI=1S/C27H33N3O3/c1-20-3-2-11-28(20)13-14-29-12-10-24-19-23(8-9-25(24)27(29)32)21-4-6-22(7-5-21)26(31)30-15-17-33-18-16-30/h4-9,19-20H,2-3,10-18H2,1H3. The fourth-order valence-electron chi connectivity index (χ4n) is 5.26. The predicted octanol–water partition coefficient (Wildman–Crippen LogP) is 3.31. The number of amides is 2. The maximum Gasteiger partial charge on any atom is 0.254 e. The molecule has 3 aliphatic rings. The van der Waals surface area contributed by atoms with E-state index in [-0.39, 0.29) is 11.8 Å². The highest BCUT2D eigenvalue weighted by Gasteiger charge is 2.27. The van der Waals surface area contributed by atoms with E-state index in [1.54, 1.807) is 0 Å². The second-order valence-electron chi connectivity index (χ2n) is 9.42. The topological polar surface area (TPSA) is 53.1 Å². The van der Waals surface area contributed by atoms with E-state index in [4.69, 9.17) is 4.74 Å². The Morgan fingerprint density at radius 2 is 1.73 bits per heavy atom. The number of hydrogen-bond acceptors (Lipinski definition) is 4. The van der Waals surface area contributed by atoms with Crippen molar-refractivity contribution in [2.75, 3.05) is 52.5 Å². The molecule has 33 heavy (non-hydrogen) atoms. The van der Waals surface area contributed by atoms with E-state index in [2.05, 4.69) is 17.9 Å². The number of likely N-dealkylation sites (tertiary alicyclic amines) is 1. The molecule has 3 aliphatic heterocycles. The van der Waals surface area contributed by atoms with Crippen molar-refractivity contribution < 1.29 is 14.3 Å². The monoisotopic (exact) mass is 447 g/mol. The summed E-state index contributed by atoms with van der Waals surface area (Å²) in [5, 5.41) is 0. The third-order valence-electron chi connectivity index (χ3n) is 7.39. The number of benzene rings is 2. The van der Waals surface area contributed by atoms with E-state index in [0.29, 0.717) is 37.9 Å². The molecule has 0 radical (unpaired) electrons. The van der Waals surface area contributed by atoms with Crippen molar-refractivity contribution in [3.63, 3.8) is 0 Å². The zero-order chi connectivity index (χ0) is 22.8. The van der Waals surface area contributed by atoms with E-state index in [1.807, 2.05) is 46.2 Å². The van der Waals surface area contributed by atoms with E-state index in [1.165, 1.54) is 12.8 Å². The van der Waals surface area contributed by atoms with E-state index in [0.717, 1.165) is 54.9 Å². The number of nitrogens with zero attached hydrogens (tertiary/aromatic N) is 3. The van der Waals surface area contributed by atoms with E-state index >= 15 is 0 Å². The summed E-state index contributed by atoms with van der Waals surface area (Å²) in [7, 11) is 0. The molecule has 0 saturated carbocycles. The Morgan fingerprint density at radius 1 is 0.970 bits per heavy atom. The highest BCUT2D eigenvalue weighted by Crippen LogP contribution is 2.27. The molecule has 2 saturated heterocycles. The first-order valence-corrected chi connectivity index (χ1v) is 12.2. The van der Waals surface area contributed by atoms with Crippen molar-refractivity contribution in [1.29, 1.82) is 0 Å². The summed E-state index contributed by atoms with van der Waals surface area (Å²) in [6, 6.07) is 14.6. The fourth-order valence-corrected chi connectivity index (χ4v) is 5.26. The minimum absolute atomic E-state index is 0.0595. The third-order valence-corrected chi connectivity index (χ3v) is 7.39. The van der Waals surface area contributed by atoms with Gasteiger partial charge in [-0.1, -0.05) is 24.3 Å². The summed E-state index contributed by atoms with van der Waals surface area (Å²) in [5.74, 6) is 0.213. The summed E-state index contributed by atoms with van der Waals surface area (Å²) in [4.78, 5) is 32.1. The lowest BCUT2D eigenvalue weighted by atomic mass is 9.93. The lowest BCUT2D eigenvalue weighted by Gasteiger charge is -2.31. The molecule has 1 unspecified atom stereocenters.